The number of carbonyl (C=O) groups excluding carboxylic acids is 3. The van der Waals surface area contributed by atoms with Gasteiger partial charge in [-0.1, -0.05) is 0 Å². The Morgan fingerprint density at radius 2 is 2.14 bits per heavy atom. The molecular formula is C20H22N2O6. The van der Waals surface area contributed by atoms with Gasteiger partial charge in [0.2, 0.25) is 11.8 Å². The predicted octanol–water partition coefficient (Wildman–Crippen LogP) is 2.13. The van der Waals surface area contributed by atoms with Gasteiger partial charge in [0.15, 0.2) is 6.61 Å². The van der Waals surface area contributed by atoms with Crippen LogP contribution in [-0.2, 0) is 25.7 Å². The highest BCUT2D eigenvalue weighted by atomic mass is 16.6. The maximum absolute atomic E-state index is 12.6. The Bertz CT molecular complexity index is 862. The van der Waals surface area contributed by atoms with Crippen LogP contribution in [0.3, 0.4) is 0 Å². The summed E-state index contributed by atoms with van der Waals surface area (Å²) in [6.07, 6.45) is 1.73. The van der Waals surface area contributed by atoms with Crippen molar-refractivity contribution in [3.63, 3.8) is 0 Å². The van der Waals surface area contributed by atoms with E-state index in [-0.39, 0.29) is 24.8 Å². The lowest BCUT2D eigenvalue weighted by Gasteiger charge is -2.16. The highest BCUT2D eigenvalue weighted by Crippen LogP contribution is 2.25. The van der Waals surface area contributed by atoms with Gasteiger partial charge < -0.3 is 24.1 Å². The van der Waals surface area contributed by atoms with Gasteiger partial charge in [0.05, 0.1) is 25.8 Å². The molecule has 1 N–H and O–H groups in total. The van der Waals surface area contributed by atoms with Crippen molar-refractivity contribution in [3.8, 4) is 5.75 Å². The number of likely N-dealkylation sites (tertiary alicyclic amines) is 1. The summed E-state index contributed by atoms with van der Waals surface area (Å²) in [7, 11) is 1.29. The van der Waals surface area contributed by atoms with Crippen LogP contribution in [0, 0.1) is 12.8 Å². The fourth-order valence-corrected chi connectivity index (χ4v) is 2.99. The van der Waals surface area contributed by atoms with Crippen molar-refractivity contribution < 1.29 is 28.3 Å². The maximum Gasteiger partial charge on any atom is 0.343 e. The number of esters is 1. The van der Waals surface area contributed by atoms with Crippen LogP contribution in [0.15, 0.2) is 41.0 Å². The predicted molar refractivity (Wildman–Crippen MR) is 99.6 cm³/mol. The number of nitrogens with one attached hydrogen (secondary N) is 1. The molecular weight excluding hydrogens is 364 g/mol. The number of anilines is 1. The van der Waals surface area contributed by atoms with Gasteiger partial charge in [0, 0.05) is 18.7 Å². The van der Waals surface area contributed by atoms with Gasteiger partial charge in [-0.25, -0.2) is 4.79 Å². The molecule has 148 valence electrons. The summed E-state index contributed by atoms with van der Waals surface area (Å²) in [6, 6.07) is 8.66. The number of hydrogen-bond donors (Lipinski definition) is 1. The molecule has 8 heteroatoms. The van der Waals surface area contributed by atoms with E-state index < -0.39 is 11.9 Å². The molecule has 1 aliphatic rings. The van der Waals surface area contributed by atoms with E-state index in [2.05, 4.69) is 10.1 Å². The number of carbonyl (C=O) groups is 3. The van der Waals surface area contributed by atoms with Gasteiger partial charge in [-0.15, -0.1) is 0 Å². The fraction of sp³-hybridized carbons (Fsp3) is 0.350. The minimum atomic E-state index is -0.472. The van der Waals surface area contributed by atoms with Crippen molar-refractivity contribution in [1.29, 1.82) is 0 Å². The van der Waals surface area contributed by atoms with Crippen LogP contribution in [0.2, 0.25) is 0 Å². The Morgan fingerprint density at radius 1 is 1.32 bits per heavy atom. The Morgan fingerprint density at radius 3 is 2.82 bits per heavy atom. The maximum atomic E-state index is 12.6. The summed E-state index contributed by atoms with van der Waals surface area (Å²) in [6.45, 7) is 2.35. The van der Waals surface area contributed by atoms with E-state index in [0.29, 0.717) is 30.3 Å². The average Bonchev–Trinajstić information content (AvgIpc) is 3.32. The number of hydrogen-bond acceptors (Lipinski definition) is 6. The quantitative estimate of drug-likeness (QED) is 0.732. The summed E-state index contributed by atoms with van der Waals surface area (Å²) in [5, 5.41) is 2.87. The van der Waals surface area contributed by atoms with Crippen LogP contribution in [-0.4, -0.2) is 42.9 Å². The minimum absolute atomic E-state index is 0.0696. The smallest absolute Gasteiger partial charge is 0.343 e. The number of amides is 2. The Labute approximate surface area is 162 Å². The highest BCUT2D eigenvalue weighted by Gasteiger charge is 2.34. The molecule has 2 heterocycles. The van der Waals surface area contributed by atoms with Gasteiger partial charge in [0.1, 0.15) is 11.5 Å². The van der Waals surface area contributed by atoms with Crippen LogP contribution in [0.1, 0.15) is 17.7 Å². The zero-order valence-electron chi connectivity index (χ0n) is 15.8. The molecule has 0 bridgehead atoms. The number of methoxy groups -OCH3 is 1. The van der Waals surface area contributed by atoms with Gasteiger partial charge in [-0.05, 0) is 42.8 Å². The first kappa shape index (κ1) is 19.5. The number of furan rings is 1. The van der Waals surface area contributed by atoms with Crippen molar-refractivity contribution in [2.75, 3.05) is 25.6 Å². The second-order valence-corrected chi connectivity index (χ2v) is 6.59. The van der Waals surface area contributed by atoms with Crippen molar-refractivity contribution in [2.24, 2.45) is 5.92 Å². The summed E-state index contributed by atoms with van der Waals surface area (Å²) in [5.74, 6) is 0.0213. The summed E-state index contributed by atoms with van der Waals surface area (Å²) in [4.78, 5) is 37.5. The Kier molecular flexibility index (Phi) is 5.98. The van der Waals surface area contributed by atoms with Gasteiger partial charge >= 0.3 is 5.97 Å². The van der Waals surface area contributed by atoms with E-state index >= 15 is 0 Å². The molecule has 0 aliphatic carbocycles. The minimum Gasteiger partial charge on any atom is -0.482 e. The third-order valence-electron chi connectivity index (χ3n) is 4.55. The lowest BCUT2D eigenvalue weighted by molar-refractivity contribution is -0.143. The van der Waals surface area contributed by atoms with Gasteiger partial charge in [0.25, 0.3) is 0 Å². The monoisotopic (exact) mass is 386 g/mol. The average molecular weight is 386 g/mol. The highest BCUT2D eigenvalue weighted by molar-refractivity contribution is 5.97. The lowest BCUT2D eigenvalue weighted by atomic mass is 10.1. The molecule has 0 radical (unpaired) electrons. The molecule has 1 fully saturated rings. The van der Waals surface area contributed by atoms with E-state index in [1.54, 1.807) is 41.5 Å². The summed E-state index contributed by atoms with van der Waals surface area (Å²) < 4.78 is 15.1. The van der Waals surface area contributed by atoms with E-state index in [4.69, 9.17) is 9.15 Å². The Balaban J connectivity index is 1.57. The first-order valence-corrected chi connectivity index (χ1v) is 8.87. The largest absolute Gasteiger partial charge is 0.482 e. The molecule has 1 aromatic carbocycles. The molecule has 8 nitrogen and oxygen atoms in total. The molecule has 2 amide bonds. The van der Waals surface area contributed by atoms with E-state index in [0.717, 1.165) is 5.56 Å². The third kappa shape index (κ3) is 4.70. The molecule has 28 heavy (non-hydrogen) atoms. The molecule has 3 rings (SSSR count). The van der Waals surface area contributed by atoms with E-state index in [1.165, 1.54) is 7.11 Å². The molecule has 1 unspecified atom stereocenters. The topological polar surface area (TPSA) is 98.1 Å². The van der Waals surface area contributed by atoms with Gasteiger partial charge in [-0.3, -0.25) is 9.59 Å². The van der Waals surface area contributed by atoms with Crippen molar-refractivity contribution in [3.05, 3.63) is 47.9 Å². The Hall–Kier alpha value is -3.29. The molecule has 0 spiro atoms. The molecule has 0 saturated carbocycles. The standard InChI is InChI=1S/C20H22N2O6/c1-13-8-15(28-12-19(24)26-2)5-6-17(13)21-20(25)14-9-18(23)22(10-14)11-16-4-3-7-27-16/h3-8,14H,9-12H2,1-2H3,(H,21,25). The number of nitrogens with zero attached hydrogens (tertiary/aromatic N) is 1. The molecule has 2 aromatic rings. The van der Waals surface area contributed by atoms with Crippen LogP contribution in [0.25, 0.3) is 0 Å². The van der Waals surface area contributed by atoms with E-state index in [9.17, 15) is 14.4 Å². The van der Waals surface area contributed by atoms with Crippen LogP contribution < -0.4 is 10.1 Å². The van der Waals surface area contributed by atoms with Crippen molar-refractivity contribution >= 4 is 23.5 Å². The van der Waals surface area contributed by atoms with Gasteiger partial charge in [-0.2, -0.15) is 0 Å². The fourth-order valence-electron chi connectivity index (χ4n) is 2.99. The SMILES string of the molecule is COC(=O)COc1ccc(NC(=O)C2CC(=O)N(Cc3ccco3)C2)c(C)c1. The molecule has 1 atom stereocenters. The van der Waals surface area contributed by atoms with Crippen LogP contribution >= 0.6 is 0 Å². The zero-order valence-corrected chi connectivity index (χ0v) is 15.8. The van der Waals surface area contributed by atoms with Crippen molar-refractivity contribution in [1.82, 2.24) is 4.90 Å². The summed E-state index contributed by atoms with van der Waals surface area (Å²) in [5.41, 5.74) is 1.42. The second-order valence-electron chi connectivity index (χ2n) is 6.59. The zero-order chi connectivity index (χ0) is 20.1. The number of benzene rings is 1. The number of aryl methyl sites for hydroxylation is 1. The third-order valence-corrected chi connectivity index (χ3v) is 4.55. The first-order valence-electron chi connectivity index (χ1n) is 8.87. The van der Waals surface area contributed by atoms with Crippen molar-refractivity contribution in [2.45, 2.75) is 19.9 Å². The molecule has 1 aromatic heterocycles. The first-order chi connectivity index (χ1) is 13.5. The molecule has 1 aliphatic heterocycles. The van der Waals surface area contributed by atoms with E-state index in [1.807, 2.05) is 6.92 Å². The second kappa shape index (κ2) is 8.60. The van der Waals surface area contributed by atoms with Crippen LogP contribution in [0.5, 0.6) is 5.75 Å². The number of ether oxygens (including phenoxy) is 2. The molecule has 1 saturated heterocycles. The van der Waals surface area contributed by atoms with Crippen LogP contribution in [0.4, 0.5) is 5.69 Å². The lowest BCUT2D eigenvalue weighted by Crippen LogP contribution is -2.28. The summed E-state index contributed by atoms with van der Waals surface area (Å²) >= 11 is 0. The number of rotatable bonds is 7. The normalized spacial score (nSPS) is 16.1.